The van der Waals surface area contributed by atoms with Gasteiger partial charge in [-0.1, -0.05) is 36.4 Å². The number of nitrogens with zero attached hydrogens (tertiary/aromatic N) is 2. The molecule has 2 aliphatic rings. The molecule has 2 heterocycles. The number of aryl methyl sites for hydroxylation is 1. The van der Waals surface area contributed by atoms with E-state index in [-0.39, 0.29) is 11.8 Å². The average molecular weight is 336 g/mol. The van der Waals surface area contributed by atoms with E-state index >= 15 is 0 Å². The lowest BCUT2D eigenvalue weighted by atomic mass is 9.95. The number of ether oxygens (including phenoxy) is 1. The number of carbonyl (C=O) groups excluding carboxylic acids is 1. The molecule has 130 valence electrons. The molecule has 4 rings (SSSR count). The number of amides is 1. The molecule has 0 bridgehead atoms. The molecule has 4 heteroatoms. The van der Waals surface area contributed by atoms with Gasteiger partial charge < -0.3 is 14.5 Å². The molecule has 2 aromatic carbocycles. The Labute approximate surface area is 149 Å². The highest BCUT2D eigenvalue weighted by atomic mass is 16.5. The maximum atomic E-state index is 12.9. The highest BCUT2D eigenvalue weighted by molar-refractivity contribution is 5.80. The Bertz CT molecular complexity index is 766. The number of hydrogen-bond donors (Lipinski definition) is 0. The summed E-state index contributed by atoms with van der Waals surface area (Å²) in [4.78, 5) is 17.3. The molecule has 4 nitrogen and oxygen atoms in total. The minimum atomic E-state index is -0.0556. The Balaban J connectivity index is 1.38. The molecule has 0 aliphatic carbocycles. The van der Waals surface area contributed by atoms with Crippen molar-refractivity contribution in [3.63, 3.8) is 0 Å². The number of benzene rings is 2. The normalized spacial score (nSPS) is 20.0. The van der Waals surface area contributed by atoms with Crippen LogP contribution in [0.3, 0.4) is 0 Å². The molecule has 1 unspecified atom stereocenters. The zero-order valence-corrected chi connectivity index (χ0v) is 14.6. The molecule has 1 saturated heterocycles. The molecular formula is C21H24N2O2. The maximum absolute atomic E-state index is 12.9. The first-order valence-electron chi connectivity index (χ1n) is 9.02. The summed E-state index contributed by atoms with van der Waals surface area (Å²) in [6.07, 6.45) is 0.785. The van der Waals surface area contributed by atoms with Crippen LogP contribution in [0.15, 0.2) is 48.5 Å². The van der Waals surface area contributed by atoms with Gasteiger partial charge in [0.25, 0.3) is 0 Å². The van der Waals surface area contributed by atoms with E-state index < -0.39 is 0 Å². The fourth-order valence-electron chi connectivity index (χ4n) is 3.83. The predicted octanol–water partition coefficient (Wildman–Crippen LogP) is 2.89. The molecular weight excluding hydrogens is 312 g/mol. The van der Waals surface area contributed by atoms with Crippen LogP contribution < -0.4 is 9.64 Å². The van der Waals surface area contributed by atoms with Gasteiger partial charge >= 0.3 is 0 Å². The summed E-state index contributed by atoms with van der Waals surface area (Å²) in [5.74, 6) is 1.11. The van der Waals surface area contributed by atoms with Crippen molar-refractivity contribution in [2.45, 2.75) is 13.3 Å². The van der Waals surface area contributed by atoms with Gasteiger partial charge in [0, 0.05) is 31.9 Å². The second-order valence-corrected chi connectivity index (χ2v) is 6.92. The average Bonchev–Trinajstić information content (AvgIpc) is 2.67. The van der Waals surface area contributed by atoms with Gasteiger partial charge in [-0.05, 0) is 36.6 Å². The monoisotopic (exact) mass is 336 g/mol. The summed E-state index contributed by atoms with van der Waals surface area (Å²) in [7, 11) is 0. The van der Waals surface area contributed by atoms with Crippen LogP contribution in [0.5, 0.6) is 5.75 Å². The van der Waals surface area contributed by atoms with Crippen LogP contribution in [-0.4, -0.2) is 43.6 Å². The SMILES string of the molecule is Cc1ccccc1N1CCN(C(=O)C2COc3ccccc3C2)CC1. The first-order valence-corrected chi connectivity index (χ1v) is 9.02. The molecule has 0 N–H and O–H groups in total. The van der Waals surface area contributed by atoms with Crippen molar-refractivity contribution >= 4 is 11.6 Å². The van der Waals surface area contributed by atoms with Crippen LogP contribution in [-0.2, 0) is 11.2 Å². The third kappa shape index (κ3) is 3.21. The largest absolute Gasteiger partial charge is 0.492 e. The van der Waals surface area contributed by atoms with Gasteiger partial charge in [0.1, 0.15) is 12.4 Å². The van der Waals surface area contributed by atoms with Gasteiger partial charge in [-0.15, -0.1) is 0 Å². The van der Waals surface area contributed by atoms with E-state index in [9.17, 15) is 4.79 Å². The van der Waals surface area contributed by atoms with Gasteiger partial charge in [0.2, 0.25) is 5.91 Å². The van der Waals surface area contributed by atoms with Gasteiger partial charge in [0.15, 0.2) is 0 Å². The highest BCUT2D eigenvalue weighted by Crippen LogP contribution is 2.28. The smallest absolute Gasteiger partial charge is 0.229 e. The Morgan fingerprint density at radius 1 is 1.00 bits per heavy atom. The number of fused-ring (bicyclic) bond motifs is 1. The molecule has 0 spiro atoms. The van der Waals surface area contributed by atoms with E-state index in [0.29, 0.717) is 6.61 Å². The lowest BCUT2D eigenvalue weighted by Gasteiger charge is -2.38. The number of anilines is 1. The first-order chi connectivity index (χ1) is 12.2. The predicted molar refractivity (Wildman–Crippen MR) is 99.1 cm³/mol. The summed E-state index contributed by atoms with van der Waals surface area (Å²) in [5.41, 5.74) is 3.72. The van der Waals surface area contributed by atoms with Crippen molar-refractivity contribution in [2.24, 2.45) is 5.92 Å². The Morgan fingerprint density at radius 2 is 1.72 bits per heavy atom. The lowest BCUT2D eigenvalue weighted by Crippen LogP contribution is -2.51. The van der Waals surface area contributed by atoms with Gasteiger partial charge in [-0.3, -0.25) is 4.79 Å². The molecule has 2 aliphatic heterocycles. The Kier molecular flexibility index (Phi) is 4.35. The third-order valence-corrected chi connectivity index (χ3v) is 5.28. The lowest BCUT2D eigenvalue weighted by molar-refractivity contribution is -0.137. The minimum Gasteiger partial charge on any atom is -0.492 e. The van der Waals surface area contributed by atoms with Crippen LogP contribution in [0.4, 0.5) is 5.69 Å². The fourth-order valence-corrected chi connectivity index (χ4v) is 3.83. The van der Waals surface area contributed by atoms with E-state index in [1.165, 1.54) is 11.3 Å². The Morgan fingerprint density at radius 3 is 2.52 bits per heavy atom. The van der Waals surface area contributed by atoms with E-state index in [4.69, 9.17) is 4.74 Å². The van der Waals surface area contributed by atoms with Crippen molar-refractivity contribution in [3.05, 3.63) is 59.7 Å². The standard InChI is InChI=1S/C21H24N2O2/c1-16-6-2-4-8-19(16)22-10-12-23(13-11-22)21(24)18-14-17-7-3-5-9-20(17)25-15-18/h2-9,18H,10-15H2,1H3. The van der Waals surface area contributed by atoms with E-state index in [1.54, 1.807) is 0 Å². The summed E-state index contributed by atoms with van der Waals surface area (Å²) < 4.78 is 5.80. The van der Waals surface area contributed by atoms with E-state index in [2.05, 4.69) is 42.2 Å². The van der Waals surface area contributed by atoms with Gasteiger partial charge in [0.05, 0.1) is 5.92 Å². The number of hydrogen-bond acceptors (Lipinski definition) is 3. The van der Waals surface area contributed by atoms with Gasteiger partial charge in [-0.2, -0.15) is 0 Å². The quantitative estimate of drug-likeness (QED) is 0.845. The van der Waals surface area contributed by atoms with Crippen LogP contribution in [0.1, 0.15) is 11.1 Å². The van der Waals surface area contributed by atoms with E-state index in [1.807, 2.05) is 23.1 Å². The molecule has 1 amide bonds. The summed E-state index contributed by atoms with van der Waals surface area (Å²) >= 11 is 0. The number of rotatable bonds is 2. The molecule has 25 heavy (non-hydrogen) atoms. The third-order valence-electron chi connectivity index (χ3n) is 5.28. The summed E-state index contributed by atoms with van der Waals surface area (Å²) in [6, 6.07) is 16.5. The molecule has 1 atom stereocenters. The zero-order valence-electron chi connectivity index (χ0n) is 14.6. The van der Waals surface area contributed by atoms with Crippen LogP contribution in [0, 0.1) is 12.8 Å². The van der Waals surface area contributed by atoms with Gasteiger partial charge in [-0.25, -0.2) is 0 Å². The number of carbonyl (C=O) groups is 1. The fraction of sp³-hybridized carbons (Fsp3) is 0.381. The second-order valence-electron chi connectivity index (χ2n) is 6.92. The van der Waals surface area contributed by atoms with Crippen LogP contribution in [0.25, 0.3) is 0 Å². The van der Waals surface area contributed by atoms with Crippen molar-refractivity contribution < 1.29 is 9.53 Å². The van der Waals surface area contributed by atoms with E-state index in [0.717, 1.165) is 43.9 Å². The van der Waals surface area contributed by atoms with Crippen molar-refractivity contribution in [1.29, 1.82) is 0 Å². The minimum absolute atomic E-state index is 0.0556. The zero-order chi connectivity index (χ0) is 17.2. The molecule has 2 aromatic rings. The van der Waals surface area contributed by atoms with Crippen molar-refractivity contribution in [1.82, 2.24) is 4.90 Å². The number of para-hydroxylation sites is 2. The second kappa shape index (κ2) is 6.79. The molecule has 1 fully saturated rings. The summed E-state index contributed by atoms with van der Waals surface area (Å²) in [6.45, 7) is 5.98. The van der Waals surface area contributed by atoms with Crippen molar-refractivity contribution in [3.8, 4) is 5.75 Å². The van der Waals surface area contributed by atoms with Crippen molar-refractivity contribution in [2.75, 3.05) is 37.7 Å². The first kappa shape index (κ1) is 16.0. The highest BCUT2D eigenvalue weighted by Gasteiger charge is 2.31. The number of piperazine rings is 1. The van der Waals surface area contributed by atoms with Crippen LogP contribution >= 0.6 is 0 Å². The Hall–Kier alpha value is -2.49. The summed E-state index contributed by atoms with van der Waals surface area (Å²) in [5, 5.41) is 0. The molecule has 0 radical (unpaired) electrons. The molecule has 0 saturated carbocycles. The topological polar surface area (TPSA) is 32.8 Å². The molecule has 0 aromatic heterocycles. The van der Waals surface area contributed by atoms with Crippen LogP contribution in [0.2, 0.25) is 0 Å². The maximum Gasteiger partial charge on any atom is 0.229 e.